The zero-order valence-corrected chi connectivity index (χ0v) is 13.3. The summed E-state index contributed by atoms with van der Waals surface area (Å²) < 4.78 is 0. The first-order valence-electron chi connectivity index (χ1n) is 6.96. The first-order chi connectivity index (χ1) is 10.0. The average Bonchev–Trinajstić information content (AvgIpc) is 2.45. The minimum absolute atomic E-state index is 0.111. The summed E-state index contributed by atoms with van der Waals surface area (Å²) in [4.78, 5) is 14.1. The van der Waals surface area contributed by atoms with Crippen LogP contribution < -0.4 is 11.1 Å². The van der Waals surface area contributed by atoms with E-state index < -0.39 is 0 Å². The first kappa shape index (κ1) is 17.5. The van der Waals surface area contributed by atoms with E-state index in [0.29, 0.717) is 22.7 Å². The molecule has 4 nitrogen and oxygen atoms in total. The summed E-state index contributed by atoms with van der Waals surface area (Å²) in [5, 5.41) is 3.36. The Balaban J connectivity index is 2.49. The Morgan fingerprint density at radius 3 is 2.76 bits per heavy atom. The monoisotopic (exact) mass is 307 g/mol. The van der Waals surface area contributed by atoms with Gasteiger partial charge < -0.3 is 16.0 Å². The van der Waals surface area contributed by atoms with Crippen LogP contribution in [0.5, 0.6) is 0 Å². The Morgan fingerprint density at radius 1 is 1.38 bits per heavy atom. The van der Waals surface area contributed by atoms with Gasteiger partial charge >= 0.3 is 0 Å². The van der Waals surface area contributed by atoms with Crippen LogP contribution in [0.2, 0.25) is 5.02 Å². The zero-order chi connectivity index (χ0) is 15.7. The fourth-order valence-corrected chi connectivity index (χ4v) is 1.99. The average molecular weight is 308 g/mol. The molecule has 0 saturated carbocycles. The van der Waals surface area contributed by atoms with E-state index in [1.807, 2.05) is 14.1 Å². The number of hydrogen-bond acceptors (Lipinski definition) is 3. The highest BCUT2D eigenvalue weighted by atomic mass is 35.5. The number of carbonyl (C=O) groups excluding carboxylic acids is 1. The first-order valence-corrected chi connectivity index (χ1v) is 7.34. The third-order valence-corrected chi connectivity index (χ3v) is 3.19. The van der Waals surface area contributed by atoms with Gasteiger partial charge in [-0.3, -0.25) is 4.79 Å². The predicted octanol–water partition coefficient (Wildman–Crippen LogP) is 1.72. The molecule has 5 heteroatoms. The van der Waals surface area contributed by atoms with Crippen molar-refractivity contribution in [2.45, 2.75) is 12.8 Å². The van der Waals surface area contributed by atoms with Crippen LogP contribution in [0.15, 0.2) is 18.2 Å². The van der Waals surface area contributed by atoms with Crippen LogP contribution in [0, 0.1) is 11.8 Å². The van der Waals surface area contributed by atoms with Gasteiger partial charge in [-0.05, 0) is 51.7 Å². The van der Waals surface area contributed by atoms with Gasteiger partial charge in [-0.1, -0.05) is 23.4 Å². The van der Waals surface area contributed by atoms with E-state index in [4.69, 9.17) is 17.3 Å². The normalized spacial score (nSPS) is 10.1. The minimum atomic E-state index is -0.111. The predicted molar refractivity (Wildman–Crippen MR) is 87.5 cm³/mol. The van der Waals surface area contributed by atoms with Crippen LogP contribution in [0.1, 0.15) is 28.8 Å². The molecule has 0 aromatic heterocycles. The lowest BCUT2D eigenvalue weighted by molar-refractivity contribution is 0.0953. The summed E-state index contributed by atoms with van der Waals surface area (Å²) in [5.41, 5.74) is 6.55. The highest BCUT2D eigenvalue weighted by Crippen LogP contribution is 2.17. The lowest BCUT2D eigenvalue weighted by Gasteiger charge is -2.09. The molecule has 1 aromatic carbocycles. The Morgan fingerprint density at radius 2 is 2.14 bits per heavy atom. The zero-order valence-electron chi connectivity index (χ0n) is 12.6. The van der Waals surface area contributed by atoms with Gasteiger partial charge in [-0.25, -0.2) is 0 Å². The van der Waals surface area contributed by atoms with Gasteiger partial charge in [0.15, 0.2) is 0 Å². The number of benzene rings is 1. The van der Waals surface area contributed by atoms with Crippen LogP contribution in [-0.2, 0) is 0 Å². The van der Waals surface area contributed by atoms with Gasteiger partial charge in [0.2, 0.25) is 0 Å². The highest BCUT2D eigenvalue weighted by molar-refractivity contribution is 6.32. The summed E-state index contributed by atoms with van der Waals surface area (Å²) >= 11 is 6.10. The van der Waals surface area contributed by atoms with Gasteiger partial charge in [0.05, 0.1) is 11.6 Å². The van der Waals surface area contributed by atoms with Crippen molar-refractivity contribution in [1.29, 1.82) is 0 Å². The highest BCUT2D eigenvalue weighted by Gasteiger charge is 2.07. The molecule has 0 bridgehead atoms. The summed E-state index contributed by atoms with van der Waals surface area (Å²) in [7, 11) is 4.07. The van der Waals surface area contributed by atoms with Crippen molar-refractivity contribution in [3.05, 3.63) is 34.3 Å². The van der Waals surface area contributed by atoms with E-state index in [2.05, 4.69) is 22.1 Å². The maximum absolute atomic E-state index is 12.0. The summed E-state index contributed by atoms with van der Waals surface area (Å²) in [6.45, 7) is 1.97. The molecule has 3 N–H and O–H groups in total. The smallest absolute Gasteiger partial charge is 0.251 e. The van der Waals surface area contributed by atoms with E-state index in [0.717, 1.165) is 19.4 Å². The number of nitrogens with two attached hydrogens (primary N) is 1. The number of halogens is 1. The molecule has 0 aliphatic heterocycles. The molecule has 0 fully saturated rings. The Bertz CT molecular complexity index is 532. The standard InChI is InChI=1S/C16H22ClN3O/c1-20(2)11-4-3-10-19-16(21)14-8-7-13(6-5-9-18)15(17)12-14/h7-8,12H,3-4,9-11,18H2,1-2H3,(H,19,21). The molecular weight excluding hydrogens is 286 g/mol. The fraction of sp³-hybridized carbons (Fsp3) is 0.438. The number of amides is 1. The topological polar surface area (TPSA) is 58.4 Å². The van der Waals surface area contributed by atoms with Crippen molar-refractivity contribution < 1.29 is 4.79 Å². The molecule has 0 spiro atoms. The molecule has 1 rings (SSSR count). The van der Waals surface area contributed by atoms with Crippen molar-refractivity contribution >= 4 is 17.5 Å². The van der Waals surface area contributed by atoms with Gasteiger partial charge in [0, 0.05) is 17.7 Å². The number of nitrogens with one attached hydrogen (secondary N) is 1. The van der Waals surface area contributed by atoms with Crippen molar-refractivity contribution in [1.82, 2.24) is 10.2 Å². The SMILES string of the molecule is CN(C)CCCCNC(=O)c1ccc(C#CCN)c(Cl)c1. The van der Waals surface area contributed by atoms with Gasteiger partial charge in [0.25, 0.3) is 5.91 Å². The van der Waals surface area contributed by atoms with Crippen molar-refractivity contribution in [2.75, 3.05) is 33.7 Å². The molecule has 0 radical (unpaired) electrons. The second kappa shape index (κ2) is 9.41. The largest absolute Gasteiger partial charge is 0.352 e. The van der Waals surface area contributed by atoms with E-state index >= 15 is 0 Å². The summed E-state index contributed by atoms with van der Waals surface area (Å²) in [6, 6.07) is 5.10. The minimum Gasteiger partial charge on any atom is -0.352 e. The third-order valence-electron chi connectivity index (χ3n) is 2.87. The van der Waals surface area contributed by atoms with Gasteiger partial charge in [-0.15, -0.1) is 0 Å². The number of rotatable bonds is 6. The second-order valence-electron chi connectivity index (χ2n) is 4.97. The van der Waals surface area contributed by atoms with Crippen molar-refractivity contribution in [2.24, 2.45) is 5.73 Å². The lowest BCUT2D eigenvalue weighted by atomic mass is 10.1. The molecule has 0 aliphatic carbocycles. The van der Waals surface area contributed by atoms with Crippen LogP contribution in [0.25, 0.3) is 0 Å². The Kier molecular flexibility index (Phi) is 7.84. The van der Waals surface area contributed by atoms with Crippen LogP contribution in [0.4, 0.5) is 0 Å². The molecule has 0 saturated heterocycles. The van der Waals surface area contributed by atoms with E-state index in [1.54, 1.807) is 18.2 Å². The molecule has 1 amide bonds. The molecular formula is C16H22ClN3O. The van der Waals surface area contributed by atoms with Crippen LogP contribution >= 0.6 is 11.6 Å². The Hall–Kier alpha value is -1.54. The molecule has 0 heterocycles. The van der Waals surface area contributed by atoms with Crippen LogP contribution in [0.3, 0.4) is 0 Å². The molecule has 0 unspecified atom stereocenters. The van der Waals surface area contributed by atoms with E-state index in [1.165, 1.54) is 0 Å². The Labute approximate surface area is 131 Å². The number of hydrogen-bond donors (Lipinski definition) is 2. The molecule has 114 valence electrons. The van der Waals surface area contributed by atoms with E-state index in [9.17, 15) is 4.79 Å². The second-order valence-corrected chi connectivity index (χ2v) is 5.37. The maximum atomic E-state index is 12.0. The molecule has 0 aliphatic rings. The summed E-state index contributed by atoms with van der Waals surface area (Å²) in [6.07, 6.45) is 2.01. The van der Waals surface area contributed by atoms with Gasteiger partial charge in [0.1, 0.15) is 0 Å². The maximum Gasteiger partial charge on any atom is 0.251 e. The molecule has 1 aromatic rings. The number of carbonyl (C=O) groups is 1. The summed E-state index contributed by atoms with van der Waals surface area (Å²) in [5.74, 6) is 5.50. The van der Waals surface area contributed by atoms with Crippen molar-refractivity contribution in [3.63, 3.8) is 0 Å². The van der Waals surface area contributed by atoms with E-state index in [-0.39, 0.29) is 12.5 Å². The van der Waals surface area contributed by atoms with Crippen molar-refractivity contribution in [3.8, 4) is 11.8 Å². The molecule has 0 atom stereocenters. The number of nitrogens with zero attached hydrogens (tertiary/aromatic N) is 1. The van der Waals surface area contributed by atoms with Gasteiger partial charge in [-0.2, -0.15) is 0 Å². The third kappa shape index (κ3) is 6.63. The molecule has 21 heavy (non-hydrogen) atoms. The lowest BCUT2D eigenvalue weighted by Crippen LogP contribution is -2.25. The number of unbranched alkanes of at least 4 members (excludes halogenated alkanes) is 1. The fourth-order valence-electron chi connectivity index (χ4n) is 1.76. The van der Waals surface area contributed by atoms with Crippen LogP contribution in [-0.4, -0.2) is 44.5 Å². The quantitative estimate of drug-likeness (QED) is 0.621.